The van der Waals surface area contributed by atoms with Gasteiger partial charge in [0.1, 0.15) is 5.82 Å². The number of nitrogens with zero attached hydrogens (tertiary/aromatic N) is 6. The van der Waals surface area contributed by atoms with Crippen molar-refractivity contribution in [2.24, 2.45) is 28.1 Å². The zero-order valence-corrected chi connectivity index (χ0v) is 35.0. The van der Waals surface area contributed by atoms with Crippen molar-refractivity contribution in [2.45, 2.75) is 89.8 Å². The van der Waals surface area contributed by atoms with Gasteiger partial charge in [0.2, 0.25) is 5.91 Å². The smallest absolute Gasteiger partial charge is 0.376 e. The number of benzene rings is 2. The van der Waals surface area contributed by atoms with Crippen LogP contribution in [0.2, 0.25) is 16.9 Å². The molecule has 2 unspecified atom stereocenters. The zero-order valence-electron chi connectivity index (χ0n) is 33.5. The number of oxime groups is 2. The molecular formula is C43H56BCl2N7O4. The highest BCUT2D eigenvalue weighted by molar-refractivity contribution is 6.45. The number of piperidine rings is 3. The minimum Gasteiger partial charge on any atom is -0.437 e. The summed E-state index contributed by atoms with van der Waals surface area (Å²) in [7, 11) is -0.380. The minimum absolute atomic E-state index is 0.115. The lowest BCUT2D eigenvalue weighted by Gasteiger charge is -2.42. The fourth-order valence-electron chi connectivity index (χ4n) is 9.64. The molecule has 3 aromatic rings. The quantitative estimate of drug-likeness (QED) is 0.223. The second-order valence-electron chi connectivity index (χ2n) is 16.7. The van der Waals surface area contributed by atoms with Gasteiger partial charge in [-0.25, -0.2) is 4.98 Å². The number of aromatic nitrogens is 1. The number of anilines is 1. The molecule has 3 saturated heterocycles. The molecule has 6 heterocycles. The Morgan fingerprint density at radius 2 is 1.28 bits per heavy atom. The number of nitrogen functional groups attached to an aromatic ring is 1. The molecule has 0 radical (unpaired) electrons. The molecule has 57 heavy (non-hydrogen) atoms. The van der Waals surface area contributed by atoms with Gasteiger partial charge < -0.3 is 30.1 Å². The summed E-state index contributed by atoms with van der Waals surface area (Å²) >= 11 is 12.2. The van der Waals surface area contributed by atoms with Gasteiger partial charge in [0.25, 0.3) is 0 Å². The number of carbonyl (C=O) groups excluding carboxylic acids is 1. The molecule has 1 aromatic heterocycles. The van der Waals surface area contributed by atoms with E-state index in [0.29, 0.717) is 23.6 Å². The van der Waals surface area contributed by atoms with E-state index in [4.69, 9.17) is 38.6 Å². The van der Waals surface area contributed by atoms with Crippen molar-refractivity contribution in [2.75, 3.05) is 45.0 Å². The van der Waals surface area contributed by atoms with Crippen LogP contribution in [-0.2, 0) is 32.2 Å². The Labute approximate surface area is 347 Å². The van der Waals surface area contributed by atoms with Crippen LogP contribution >= 0.6 is 23.2 Å². The lowest BCUT2D eigenvalue weighted by Crippen LogP contribution is -2.48. The van der Waals surface area contributed by atoms with Gasteiger partial charge in [-0.15, -0.1) is 0 Å². The number of halogens is 2. The molecule has 0 spiro atoms. The van der Waals surface area contributed by atoms with Gasteiger partial charge in [-0.2, -0.15) is 0 Å². The third-order valence-corrected chi connectivity index (χ3v) is 13.3. The normalized spacial score (nSPS) is 25.2. The Morgan fingerprint density at radius 3 is 1.72 bits per heavy atom. The molecule has 0 saturated carbocycles. The third kappa shape index (κ3) is 9.47. The highest BCUT2D eigenvalue weighted by atomic mass is 35.5. The maximum atomic E-state index is 13.3. The first kappa shape index (κ1) is 41.5. The summed E-state index contributed by atoms with van der Waals surface area (Å²) in [4.78, 5) is 36.1. The Kier molecular flexibility index (Phi) is 13.2. The van der Waals surface area contributed by atoms with E-state index in [1.54, 1.807) is 6.20 Å². The lowest BCUT2D eigenvalue weighted by molar-refractivity contribution is -0.141. The van der Waals surface area contributed by atoms with Crippen LogP contribution in [0.3, 0.4) is 0 Å². The van der Waals surface area contributed by atoms with Crippen molar-refractivity contribution in [3.05, 3.63) is 93.6 Å². The number of rotatable bonds is 8. The zero-order chi connectivity index (χ0) is 40.2. The topological polar surface area (TPSA) is 129 Å². The van der Waals surface area contributed by atoms with Crippen LogP contribution < -0.4 is 5.73 Å². The fourth-order valence-corrected chi connectivity index (χ4v) is 9.90. The standard InChI is InChI=1S/C27H34ClN5O2.C16H22BClN2O2/c1-19-17-27(35-31-19,22-2-4-24(28)5-3-22)23-9-14-33(15-10-23)26(34)21-7-12-32(13-8-21)18-20-6-11-30-25(29)16-20;1-12-11-16(22-19-12,13-3-5-15(18)6-4-13)14-7-9-20(10-8-14)17(2)21/h2-6,11,16,21,23H,7-10,12-15,17-18H2,1H3,(H2,29,30);3-6,14,21H,7-11H2,1-2H3. The van der Waals surface area contributed by atoms with Crippen molar-refractivity contribution in [1.29, 1.82) is 0 Å². The predicted molar refractivity (Wildman–Crippen MR) is 228 cm³/mol. The number of pyridine rings is 1. The summed E-state index contributed by atoms with van der Waals surface area (Å²) in [5, 5.41) is 19.8. The van der Waals surface area contributed by atoms with E-state index >= 15 is 0 Å². The predicted octanol–water partition coefficient (Wildman–Crippen LogP) is 7.61. The summed E-state index contributed by atoms with van der Waals surface area (Å²) in [6, 6.07) is 19.8. The molecule has 0 aliphatic carbocycles. The van der Waals surface area contributed by atoms with E-state index in [1.807, 2.05) is 57.1 Å². The molecule has 8 rings (SSSR count). The lowest BCUT2D eigenvalue weighted by atomic mass is 9.71. The van der Waals surface area contributed by atoms with E-state index < -0.39 is 5.60 Å². The van der Waals surface area contributed by atoms with E-state index in [2.05, 4.69) is 54.2 Å². The fraction of sp³-hybridized carbons (Fsp3) is 0.535. The van der Waals surface area contributed by atoms with Crippen LogP contribution in [-0.4, -0.2) is 88.3 Å². The average molecular weight is 817 g/mol. The van der Waals surface area contributed by atoms with Crippen molar-refractivity contribution in [1.82, 2.24) is 19.6 Å². The molecule has 14 heteroatoms. The molecule has 304 valence electrons. The summed E-state index contributed by atoms with van der Waals surface area (Å²) in [5.41, 5.74) is 10.5. The van der Waals surface area contributed by atoms with Crippen molar-refractivity contribution in [3.8, 4) is 0 Å². The number of hydrogen-bond acceptors (Lipinski definition) is 10. The van der Waals surface area contributed by atoms with Crippen LogP contribution in [0.4, 0.5) is 5.82 Å². The largest absolute Gasteiger partial charge is 0.437 e. The maximum absolute atomic E-state index is 13.3. The van der Waals surface area contributed by atoms with Gasteiger partial charge in [-0.1, -0.05) is 57.8 Å². The summed E-state index contributed by atoms with van der Waals surface area (Å²) in [6.07, 6.45) is 9.01. The van der Waals surface area contributed by atoms with Gasteiger partial charge in [0.15, 0.2) is 11.2 Å². The second-order valence-corrected chi connectivity index (χ2v) is 17.5. The van der Waals surface area contributed by atoms with Crippen LogP contribution in [0.1, 0.15) is 81.9 Å². The SMILES string of the molecule is CB(O)N1CCC(C2(c3ccc(Cl)cc3)CC(C)=NO2)CC1.CC1=NOC(c2ccc(Cl)cc2)(C2CCN(C(=O)C3CCN(Cc4ccnc(N)c4)CC3)CC2)C1. The average Bonchev–Trinajstić information content (AvgIpc) is 3.82. The molecule has 5 aliphatic heterocycles. The summed E-state index contributed by atoms with van der Waals surface area (Å²) < 4.78 is 0. The summed E-state index contributed by atoms with van der Waals surface area (Å²) in [6.45, 7) is 11.9. The Balaban J connectivity index is 0.000000194. The minimum atomic E-state index is -0.453. The van der Waals surface area contributed by atoms with Crippen LogP contribution in [0.15, 0.2) is 77.2 Å². The van der Waals surface area contributed by atoms with Gasteiger partial charge in [-0.3, -0.25) is 9.69 Å². The van der Waals surface area contributed by atoms with Crippen LogP contribution in [0.25, 0.3) is 0 Å². The van der Waals surface area contributed by atoms with Crippen molar-refractivity contribution >= 4 is 53.4 Å². The second kappa shape index (κ2) is 18.1. The van der Waals surface area contributed by atoms with E-state index in [1.165, 1.54) is 5.56 Å². The molecule has 2 atom stereocenters. The Morgan fingerprint density at radius 1 is 0.789 bits per heavy atom. The molecule has 11 nitrogen and oxygen atoms in total. The first-order chi connectivity index (χ1) is 27.4. The van der Waals surface area contributed by atoms with Crippen LogP contribution in [0.5, 0.6) is 0 Å². The maximum Gasteiger partial charge on any atom is 0.376 e. The highest BCUT2D eigenvalue weighted by Gasteiger charge is 2.49. The third-order valence-electron chi connectivity index (χ3n) is 12.8. The molecule has 3 fully saturated rings. The number of amides is 1. The van der Waals surface area contributed by atoms with Gasteiger partial charge in [0.05, 0.1) is 11.4 Å². The van der Waals surface area contributed by atoms with Gasteiger partial charge >= 0.3 is 7.05 Å². The first-order valence-corrected chi connectivity index (χ1v) is 21.3. The molecular weight excluding hydrogens is 760 g/mol. The molecule has 0 bridgehead atoms. The first-order valence-electron chi connectivity index (χ1n) is 20.5. The monoisotopic (exact) mass is 815 g/mol. The molecule has 5 aliphatic rings. The molecule has 2 aromatic carbocycles. The Hall–Kier alpha value is -3.68. The van der Waals surface area contributed by atoms with Crippen molar-refractivity contribution in [3.63, 3.8) is 0 Å². The number of hydrogen-bond donors (Lipinski definition) is 2. The van der Waals surface area contributed by atoms with Gasteiger partial charge in [-0.05, 0) is 138 Å². The summed E-state index contributed by atoms with van der Waals surface area (Å²) in [5.74, 6) is 1.69. The van der Waals surface area contributed by atoms with Crippen LogP contribution in [0, 0.1) is 17.8 Å². The van der Waals surface area contributed by atoms with E-state index in [-0.39, 0.29) is 18.6 Å². The number of likely N-dealkylation sites (tertiary alicyclic amines) is 2. The van der Waals surface area contributed by atoms with Gasteiger partial charge in [0, 0.05) is 66.5 Å². The number of carbonyl (C=O) groups is 1. The van der Waals surface area contributed by atoms with E-state index in [0.717, 1.165) is 130 Å². The molecule has 1 amide bonds. The highest BCUT2D eigenvalue weighted by Crippen LogP contribution is 2.47. The Bertz CT molecular complexity index is 1890. The molecule has 3 N–H and O–H groups in total. The number of nitrogens with two attached hydrogens (primary N) is 1. The van der Waals surface area contributed by atoms with E-state index in [9.17, 15) is 9.82 Å². The van der Waals surface area contributed by atoms with Crippen molar-refractivity contribution < 1.29 is 19.5 Å².